The van der Waals surface area contributed by atoms with Crippen molar-refractivity contribution in [2.75, 3.05) is 26.3 Å². The van der Waals surface area contributed by atoms with Gasteiger partial charge in [-0.2, -0.15) is 4.31 Å². The molecule has 1 saturated heterocycles. The Labute approximate surface area is 165 Å². The fourth-order valence-corrected chi connectivity index (χ4v) is 4.68. The highest BCUT2D eigenvalue weighted by Crippen LogP contribution is 2.23. The van der Waals surface area contributed by atoms with Gasteiger partial charge in [0, 0.05) is 38.5 Å². The van der Waals surface area contributed by atoms with Crippen LogP contribution in [-0.2, 0) is 33.0 Å². The number of nitrogens with zero attached hydrogens (tertiary/aromatic N) is 3. The molecule has 0 saturated carbocycles. The molecule has 1 fully saturated rings. The van der Waals surface area contributed by atoms with E-state index < -0.39 is 10.0 Å². The Bertz CT molecular complexity index is 970. The first-order valence-electron chi connectivity index (χ1n) is 9.42. The number of nitrogens with one attached hydrogen (secondary N) is 1. The maximum Gasteiger partial charge on any atom is 0.243 e. The van der Waals surface area contributed by atoms with Crippen molar-refractivity contribution in [3.63, 3.8) is 0 Å². The van der Waals surface area contributed by atoms with Gasteiger partial charge in [-0.25, -0.2) is 13.4 Å². The van der Waals surface area contributed by atoms with Gasteiger partial charge in [0.15, 0.2) is 0 Å². The summed E-state index contributed by atoms with van der Waals surface area (Å²) in [5.41, 5.74) is 1.18. The smallest absolute Gasteiger partial charge is 0.243 e. The number of rotatable bonds is 5. The summed E-state index contributed by atoms with van der Waals surface area (Å²) in [6.45, 7) is 7.36. The number of morpholine rings is 1. The van der Waals surface area contributed by atoms with E-state index >= 15 is 0 Å². The molecule has 2 aromatic rings. The number of aryl methyl sites for hydroxylation is 2. The van der Waals surface area contributed by atoms with Crippen molar-refractivity contribution >= 4 is 27.0 Å². The number of carbonyl (C=O) groups excluding carboxylic acids is 1. The molecule has 1 aromatic carbocycles. The van der Waals surface area contributed by atoms with Crippen LogP contribution in [0.1, 0.15) is 33.0 Å². The average Bonchev–Trinajstić information content (AvgIpc) is 2.95. The zero-order valence-corrected chi connectivity index (χ0v) is 17.7. The van der Waals surface area contributed by atoms with Gasteiger partial charge in [-0.3, -0.25) is 4.79 Å². The maximum atomic E-state index is 12.9. The molecule has 0 spiro atoms. The third-order valence-corrected chi connectivity index (χ3v) is 6.54. The quantitative estimate of drug-likeness (QED) is 0.808. The molecular weight excluding hydrogens is 380 g/mol. The summed E-state index contributed by atoms with van der Waals surface area (Å²) in [4.78, 5) is 16.9. The van der Waals surface area contributed by atoms with E-state index in [0.717, 1.165) is 11.3 Å². The van der Waals surface area contributed by atoms with Crippen molar-refractivity contribution in [1.82, 2.24) is 19.2 Å². The van der Waals surface area contributed by atoms with Gasteiger partial charge in [-0.15, -0.1) is 0 Å². The Kier molecular flexibility index (Phi) is 5.79. The monoisotopic (exact) mass is 408 g/mol. The Balaban J connectivity index is 1.81. The summed E-state index contributed by atoms with van der Waals surface area (Å²) >= 11 is 0. The van der Waals surface area contributed by atoms with Gasteiger partial charge in [-0.1, -0.05) is 0 Å². The molecule has 0 atom stereocenters. The number of hydrogen-bond acceptors (Lipinski definition) is 5. The van der Waals surface area contributed by atoms with Crippen LogP contribution in [0, 0.1) is 0 Å². The first kappa shape index (κ1) is 20.8. The van der Waals surface area contributed by atoms with E-state index in [9.17, 15) is 13.2 Å². The van der Waals surface area contributed by atoms with E-state index in [4.69, 9.17) is 4.74 Å². The van der Waals surface area contributed by atoms with Crippen LogP contribution in [0.25, 0.3) is 11.0 Å². The summed E-state index contributed by atoms with van der Waals surface area (Å²) in [7, 11) is -1.69. The van der Waals surface area contributed by atoms with Gasteiger partial charge < -0.3 is 14.6 Å². The number of aromatic nitrogens is 2. The van der Waals surface area contributed by atoms with Crippen molar-refractivity contribution in [3.05, 3.63) is 24.0 Å². The molecule has 0 radical (unpaired) electrons. The second-order valence-electron chi connectivity index (χ2n) is 8.05. The number of carbonyl (C=O) groups is 1. The first-order valence-corrected chi connectivity index (χ1v) is 10.9. The lowest BCUT2D eigenvalue weighted by atomic mass is 10.1. The summed E-state index contributed by atoms with van der Waals surface area (Å²) in [6, 6.07) is 5.00. The molecule has 154 valence electrons. The predicted octanol–water partition coefficient (Wildman–Crippen LogP) is 1.44. The second-order valence-corrected chi connectivity index (χ2v) is 9.99. The molecule has 0 unspecified atom stereocenters. The lowest BCUT2D eigenvalue weighted by Gasteiger charge is -2.26. The van der Waals surface area contributed by atoms with Crippen LogP contribution >= 0.6 is 0 Å². The summed E-state index contributed by atoms with van der Waals surface area (Å²) in [5.74, 6) is 0.718. The third-order valence-electron chi connectivity index (χ3n) is 4.64. The van der Waals surface area contributed by atoms with E-state index in [0.29, 0.717) is 44.7 Å². The molecule has 0 aliphatic carbocycles. The minimum absolute atomic E-state index is 0.0323. The second kappa shape index (κ2) is 7.81. The molecule has 8 nitrogen and oxygen atoms in total. The summed E-state index contributed by atoms with van der Waals surface area (Å²) in [6.07, 6.45) is 0.812. The van der Waals surface area contributed by atoms with Crippen molar-refractivity contribution in [3.8, 4) is 0 Å². The third kappa shape index (κ3) is 4.53. The Morgan fingerprint density at radius 3 is 2.57 bits per heavy atom. The average molecular weight is 409 g/mol. The minimum Gasteiger partial charge on any atom is -0.379 e. The van der Waals surface area contributed by atoms with Crippen molar-refractivity contribution in [1.29, 1.82) is 0 Å². The highest BCUT2D eigenvalue weighted by molar-refractivity contribution is 7.89. The summed E-state index contributed by atoms with van der Waals surface area (Å²) in [5, 5.41) is 2.94. The van der Waals surface area contributed by atoms with Crippen LogP contribution in [0.2, 0.25) is 0 Å². The number of fused-ring (bicyclic) bond motifs is 1. The van der Waals surface area contributed by atoms with Crippen LogP contribution < -0.4 is 5.32 Å². The molecule has 1 amide bonds. The van der Waals surface area contributed by atoms with Gasteiger partial charge in [0.1, 0.15) is 5.82 Å². The minimum atomic E-state index is -3.56. The molecule has 1 aromatic heterocycles. The molecule has 28 heavy (non-hydrogen) atoms. The van der Waals surface area contributed by atoms with Crippen molar-refractivity contribution in [2.45, 2.75) is 44.0 Å². The van der Waals surface area contributed by atoms with E-state index in [-0.39, 0.29) is 16.3 Å². The molecule has 1 N–H and O–H groups in total. The highest BCUT2D eigenvalue weighted by Gasteiger charge is 2.27. The van der Waals surface area contributed by atoms with E-state index in [2.05, 4.69) is 10.3 Å². The lowest BCUT2D eigenvalue weighted by Crippen LogP contribution is -2.40. The van der Waals surface area contributed by atoms with Crippen LogP contribution in [0.3, 0.4) is 0 Å². The molecule has 2 heterocycles. The van der Waals surface area contributed by atoms with Gasteiger partial charge in [-0.05, 0) is 39.0 Å². The number of hydrogen-bond donors (Lipinski definition) is 1. The number of sulfonamides is 1. The standard InChI is InChI=1S/C19H28N4O4S/c1-19(2,3)21-18(24)8-7-17-20-15-13-14(5-6-16(15)22(17)4)28(25,26)23-9-11-27-12-10-23/h5-6,13H,7-12H2,1-4H3,(H,21,24). The number of ether oxygens (including phenoxy) is 1. The predicted molar refractivity (Wildman–Crippen MR) is 107 cm³/mol. The van der Waals surface area contributed by atoms with Crippen LogP contribution in [0.4, 0.5) is 0 Å². The highest BCUT2D eigenvalue weighted by atomic mass is 32.2. The lowest BCUT2D eigenvalue weighted by molar-refractivity contribution is -0.122. The molecule has 0 bridgehead atoms. The zero-order valence-electron chi connectivity index (χ0n) is 16.9. The van der Waals surface area contributed by atoms with Gasteiger partial charge in [0.05, 0.1) is 29.1 Å². The zero-order chi connectivity index (χ0) is 20.5. The fourth-order valence-electron chi connectivity index (χ4n) is 3.26. The molecule has 1 aliphatic rings. The Hall–Kier alpha value is -1.97. The largest absolute Gasteiger partial charge is 0.379 e. The van der Waals surface area contributed by atoms with Crippen LogP contribution in [-0.4, -0.2) is 60.0 Å². The fraction of sp³-hybridized carbons (Fsp3) is 0.579. The SMILES string of the molecule is Cn1c(CCC(=O)NC(C)(C)C)nc2cc(S(=O)(=O)N3CCOCC3)ccc21. The van der Waals surface area contributed by atoms with Gasteiger partial charge in [0.2, 0.25) is 15.9 Å². The summed E-state index contributed by atoms with van der Waals surface area (Å²) < 4.78 is 34.3. The van der Waals surface area contributed by atoms with Crippen molar-refractivity contribution in [2.24, 2.45) is 7.05 Å². The molecule has 1 aliphatic heterocycles. The maximum absolute atomic E-state index is 12.9. The van der Waals surface area contributed by atoms with Gasteiger partial charge >= 0.3 is 0 Å². The van der Waals surface area contributed by atoms with Crippen LogP contribution in [0.15, 0.2) is 23.1 Å². The molecular formula is C19H28N4O4S. The van der Waals surface area contributed by atoms with Crippen molar-refractivity contribution < 1.29 is 17.9 Å². The van der Waals surface area contributed by atoms with Gasteiger partial charge in [0.25, 0.3) is 0 Å². The number of amides is 1. The van der Waals surface area contributed by atoms with Crippen LogP contribution in [0.5, 0.6) is 0 Å². The molecule has 9 heteroatoms. The normalized spacial score (nSPS) is 16.4. The molecule has 3 rings (SSSR count). The van der Waals surface area contributed by atoms with E-state index in [1.54, 1.807) is 18.2 Å². The first-order chi connectivity index (χ1) is 13.1. The topological polar surface area (TPSA) is 93.5 Å². The Morgan fingerprint density at radius 1 is 1.25 bits per heavy atom. The number of benzene rings is 1. The number of imidazole rings is 1. The van der Waals surface area contributed by atoms with E-state index in [1.807, 2.05) is 32.4 Å². The Morgan fingerprint density at radius 2 is 1.93 bits per heavy atom. The van der Waals surface area contributed by atoms with E-state index in [1.165, 1.54) is 4.31 Å².